The second-order valence-corrected chi connectivity index (χ2v) is 9.12. The van der Waals surface area contributed by atoms with Crippen LogP contribution in [0.15, 0.2) is 69.9 Å². The summed E-state index contributed by atoms with van der Waals surface area (Å²) in [5, 5.41) is 2.21. The molecule has 7 heteroatoms. The minimum atomic E-state index is -0.264. The maximum Gasteiger partial charge on any atom is 0.281 e. The zero-order chi connectivity index (χ0) is 20.0. The predicted octanol–water partition coefficient (Wildman–Crippen LogP) is 4.22. The fraction of sp³-hybridized carbons (Fsp3) is 0.136. The number of hydrogen-bond donors (Lipinski definition) is 1. The van der Waals surface area contributed by atoms with Crippen molar-refractivity contribution in [3.8, 4) is 11.1 Å². The van der Waals surface area contributed by atoms with Crippen molar-refractivity contribution < 1.29 is 4.79 Å². The molecule has 0 radical (unpaired) electrons. The van der Waals surface area contributed by atoms with Crippen LogP contribution in [-0.4, -0.2) is 20.8 Å². The van der Waals surface area contributed by atoms with E-state index in [-0.39, 0.29) is 16.7 Å². The Morgan fingerprint density at radius 3 is 2.86 bits per heavy atom. The van der Waals surface area contributed by atoms with E-state index >= 15 is 0 Å². The third-order valence-corrected chi connectivity index (χ3v) is 7.19. The van der Waals surface area contributed by atoms with E-state index in [0.717, 1.165) is 16.0 Å². The highest BCUT2D eigenvalue weighted by Gasteiger charge is 2.29. The Balaban J connectivity index is 1.45. The fourth-order valence-electron chi connectivity index (χ4n) is 3.51. The molecule has 0 saturated heterocycles. The molecule has 29 heavy (non-hydrogen) atoms. The molecular weight excluding hydrogens is 402 g/mol. The molecule has 4 aromatic rings. The number of amides is 1. The lowest BCUT2D eigenvalue weighted by atomic mass is 10.1. The number of thiophene rings is 1. The summed E-state index contributed by atoms with van der Waals surface area (Å²) in [6.45, 7) is 2.04. The van der Waals surface area contributed by atoms with Gasteiger partial charge in [-0.2, -0.15) is 0 Å². The number of hydrogen-bond acceptors (Lipinski definition) is 5. The maximum absolute atomic E-state index is 13.1. The minimum absolute atomic E-state index is 0.191. The fourth-order valence-corrected chi connectivity index (χ4v) is 5.71. The van der Waals surface area contributed by atoms with Crippen LogP contribution in [0.25, 0.3) is 21.3 Å². The first-order valence-corrected chi connectivity index (χ1v) is 11.0. The molecule has 0 saturated carbocycles. The van der Waals surface area contributed by atoms with Crippen molar-refractivity contribution in [2.45, 2.75) is 23.5 Å². The summed E-state index contributed by atoms with van der Waals surface area (Å²) >= 11 is 2.97. The second-order valence-electron chi connectivity index (χ2n) is 7.01. The quantitative estimate of drug-likeness (QED) is 0.540. The number of carbonyl (C=O) groups is 1. The number of rotatable bonds is 3. The molecule has 2 aromatic carbocycles. The first-order chi connectivity index (χ1) is 14.1. The molecule has 1 atom stereocenters. The van der Waals surface area contributed by atoms with Crippen molar-refractivity contribution in [2.24, 2.45) is 0 Å². The SMILES string of the molecule is Cc1ccc2c(c1)SC(C(=O)Nn1cnc3scc(-c4ccccc4)c3c1=O)C2. The summed E-state index contributed by atoms with van der Waals surface area (Å²) in [4.78, 5) is 32.1. The van der Waals surface area contributed by atoms with Gasteiger partial charge < -0.3 is 0 Å². The molecule has 144 valence electrons. The molecular formula is C22H17N3O2S2. The molecule has 5 rings (SSSR count). The normalized spacial score (nSPS) is 15.4. The van der Waals surface area contributed by atoms with Crippen LogP contribution < -0.4 is 11.0 Å². The highest BCUT2D eigenvalue weighted by atomic mass is 32.2. The van der Waals surface area contributed by atoms with Gasteiger partial charge in [-0.1, -0.05) is 48.0 Å². The Morgan fingerprint density at radius 1 is 1.21 bits per heavy atom. The zero-order valence-corrected chi connectivity index (χ0v) is 17.2. The minimum Gasteiger partial charge on any atom is -0.272 e. The summed E-state index contributed by atoms with van der Waals surface area (Å²) in [5.74, 6) is -0.191. The average Bonchev–Trinajstić information content (AvgIpc) is 3.35. The van der Waals surface area contributed by atoms with Crippen molar-refractivity contribution in [1.82, 2.24) is 9.66 Å². The molecule has 0 bridgehead atoms. The van der Waals surface area contributed by atoms with Gasteiger partial charge in [-0.15, -0.1) is 23.1 Å². The van der Waals surface area contributed by atoms with Gasteiger partial charge in [-0.05, 0) is 30.5 Å². The number of nitrogens with zero attached hydrogens (tertiary/aromatic N) is 2. The monoisotopic (exact) mass is 419 g/mol. The molecule has 0 fully saturated rings. The smallest absolute Gasteiger partial charge is 0.272 e. The van der Waals surface area contributed by atoms with E-state index < -0.39 is 0 Å². The van der Waals surface area contributed by atoms with Crippen LogP contribution in [0.3, 0.4) is 0 Å². The van der Waals surface area contributed by atoms with Gasteiger partial charge in [0.1, 0.15) is 11.2 Å². The van der Waals surface area contributed by atoms with Crippen LogP contribution in [0.5, 0.6) is 0 Å². The van der Waals surface area contributed by atoms with Crippen molar-refractivity contribution in [3.63, 3.8) is 0 Å². The van der Waals surface area contributed by atoms with E-state index in [1.54, 1.807) is 11.8 Å². The van der Waals surface area contributed by atoms with Gasteiger partial charge in [0.25, 0.3) is 11.5 Å². The topological polar surface area (TPSA) is 64.0 Å². The number of carbonyl (C=O) groups excluding carboxylic acids is 1. The molecule has 1 aliphatic rings. The van der Waals surface area contributed by atoms with Crippen LogP contribution in [0.2, 0.25) is 0 Å². The molecule has 5 nitrogen and oxygen atoms in total. The van der Waals surface area contributed by atoms with Crippen LogP contribution in [0.4, 0.5) is 0 Å². The van der Waals surface area contributed by atoms with Crippen LogP contribution in [0.1, 0.15) is 11.1 Å². The lowest BCUT2D eigenvalue weighted by molar-refractivity contribution is -0.116. The van der Waals surface area contributed by atoms with Gasteiger partial charge in [0, 0.05) is 15.8 Å². The van der Waals surface area contributed by atoms with Crippen LogP contribution in [-0.2, 0) is 11.2 Å². The zero-order valence-electron chi connectivity index (χ0n) is 15.6. The molecule has 3 heterocycles. The summed E-state index contributed by atoms with van der Waals surface area (Å²) in [5.41, 5.74) is 6.63. The molecule has 1 amide bonds. The number of benzene rings is 2. The summed E-state index contributed by atoms with van der Waals surface area (Å²) < 4.78 is 1.21. The number of nitrogens with one attached hydrogen (secondary N) is 1. The Bertz CT molecular complexity index is 1290. The van der Waals surface area contributed by atoms with E-state index in [1.807, 2.05) is 42.6 Å². The highest BCUT2D eigenvalue weighted by Crippen LogP contribution is 2.37. The van der Waals surface area contributed by atoms with E-state index in [2.05, 4.69) is 28.6 Å². The average molecular weight is 420 g/mol. The first-order valence-electron chi connectivity index (χ1n) is 9.21. The molecule has 0 spiro atoms. The van der Waals surface area contributed by atoms with Crippen molar-refractivity contribution in [1.29, 1.82) is 0 Å². The number of thioether (sulfide) groups is 1. The molecule has 2 aromatic heterocycles. The van der Waals surface area contributed by atoms with Gasteiger partial charge in [-0.25, -0.2) is 9.66 Å². The standard InChI is InChI=1S/C22H17N3O2S2/c1-13-7-8-15-10-18(29-17(15)9-13)20(26)24-25-12-23-21-19(22(25)27)16(11-28-21)14-5-3-2-4-6-14/h2-9,11-12,18H,10H2,1H3,(H,24,26). The second kappa shape index (κ2) is 7.17. The number of fused-ring (bicyclic) bond motifs is 2. The number of aromatic nitrogens is 2. The van der Waals surface area contributed by atoms with Gasteiger partial charge >= 0.3 is 0 Å². The summed E-state index contributed by atoms with van der Waals surface area (Å²) in [7, 11) is 0. The molecule has 0 aliphatic carbocycles. The van der Waals surface area contributed by atoms with Crippen LogP contribution in [0, 0.1) is 6.92 Å². The Labute approximate surface area is 175 Å². The van der Waals surface area contributed by atoms with E-state index in [9.17, 15) is 9.59 Å². The van der Waals surface area contributed by atoms with E-state index in [4.69, 9.17) is 0 Å². The van der Waals surface area contributed by atoms with E-state index in [1.165, 1.54) is 33.5 Å². The molecule has 1 N–H and O–H groups in total. The molecule has 1 aliphatic heterocycles. The van der Waals surface area contributed by atoms with Gasteiger partial charge in [0.05, 0.1) is 10.6 Å². The third-order valence-electron chi connectivity index (χ3n) is 5.00. The van der Waals surface area contributed by atoms with Crippen molar-refractivity contribution >= 4 is 39.2 Å². The Kier molecular flexibility index (Phi) is 4.49. The predicted molar refractivity (Wildman–Crippen MR) is 118 cm³/mol. The molecule has 1 unspecified atom stereocenters. The lowest BCUT2D eigenvalue weighted by Gasteiger charge is -2.11. The van der Waals surface area contributed by atoms with Crippen LogP contribution >= 0.6 is 23.1 Å². The summed E-state index contributed by atoms with van der Waals surface area (Å²) in [6.07, 6.45) is 2.05. The Morgan fingerprint density at radius 2 is 2.03 bits per heavy atom. The van der Waals surface area contributed by atoms with Gasteiger partial charge in [-0.3, -0.25) is 15.0 Å². The number of aryl methyl sites for hydroxylation is 1. The van der Waals surface area contributed by atoms with Crippen molar-refractivity contribution in [2.75, 3.05) is 5.43 Å². The largest absolute Gasteiger partial charge is 0.281 e. The highest BCUT2D eigenvalue weighted by molar-refractivity contribution is 8.01. The summed E-state index contributed by atoms with van der Waals surface area (Å²) in [6, 6.07) is 16.0. The van der Waals surface area contributed by atoms with Crippen molar-refractivity contribution in [3.05, 3.63) is 81.7 Å². The first kappa shape index (κ1) is 18.1. The maximum atomic E-state index is 13.1. The third kappa shape index (κ3) is 3.26. The van der Waals surface area contributed by atoms with E-state index in [0.29, 0.717) is 16.6 Å². The van der Waals surface area contributed by atoms with Gasteiger partial charge in [0.2, 0.25) is 0 Å². The lowest BCUT2D eigenvalue weighted by Crippen LogP contribution is -2.37. The Hall–Kier alpha value is -2.90. The van der Waals surface area contributed by atoms with Gasteiger partial charge in [0.15, 0.2) is 0 Å².